The number of anilines is 2. The molecule has 0 bridgehead atoms. The zero-order valence-corrected chi connectivity index (χ0v) is 18.3. The smallest absolute Gasteiger partial charge is 0.252 e. The Kier molecular flexibility index (Phi) is 4.90. The van der Waals surface area contributed by atoms with E-state index in [9.17, 15) is 9.59 Å². The molecule has 1 amide bonds. The van der Waals surface area contributed by atoms with E-state index in [1.165, 1.54) is 16.9 Å². The summed E-state index contributed by atoms with van der Waals surface area (Å²) >= 11 is 1.44. The van der Waals surface area contributed by atoms with Crippen molar-refractivity contribution < 1.29 is 14.3 Å². The van der Waals surface area contributed by atoms with Gasteiger partial charge in [0.1, 0.15) is 6.04 Å². The molecule has 1 unspecified atom stereocenters. The average Bonchev–Trinajstić information content (AvgIpc) is 3.16. The van der Waals surface area contributed by atoms with E-state index in [0.717, 1.165) is 47.2 Å². The number of carbonyl (C=O) groups excluding carboxylic acids is 2. The van der Waals surface area contributed by atoms with Gasteiger partial charge in [-0.1, -0.05) is 43.4 Å². The van der Waals surface area contributed by atoms with Crippen molar-refractivity contribution in [2.45, 2.75) is 45.6 Å². The van der Waals surface area contributed by atoms with Crippen LogP contribution in [0.25, 0.3) is 0 Å². The number of rotatable bonds is 2. The molecular weight excluding hydrogens is 398 g/mol. The summed E-state index contributed by atoms with van der Waals surface area (Å²) in [5.41, 5.74) is 3.05. The van der Waals surface area contributed by atoms with E-state index in [4.69, 9.17) is 9.72 Å². The number of carbonyl (C=O) groups is 2. The molecule has 1 aliphatic carbocycles. The van der Waals surface area contributed by atoms with Crippen molar-refractivity contribution in [2.24, 2.45) is 5.41 Å². The van der Waals surface area contributed by atoms with Crippen LogP contribution in [0.2, 0.25) is 0 Å². The molecule has 5 rings (SSSR count). The lowest BCUT2D eigenvalue weighted by Gasteiger charge is -2.39. The highest BCUT2D eigenvalue weighted by molar-refractivity contribution is 7.17. The number of aryl methyl sites for hydroxylation is 1. The number of hydrogen-bond donors (Lipinski definition) is 0. The molecule has 2 aromatic rings. The lowest BCUT2D eigenvalue weighted by atomic mass is 9.78. The number of hydrogen-bond acceptors (Lipinski definition) is 6. The third-order valence-corrected chi connectivity index (χ3v) is 7.44. The third kappa shape index (κ3) is 3.44. The second-order valence-electron chi connectivity index (χ2n) is 9.22. The molecule has 0 N–H and O–H groups in total. The number of thiazole rings is 1. The van der Waals surface area contributed by atoms with Gasteiger partial charge < -0.3 is 14.5 Å². The van der Waals surface area contributed by atoms with Gasteiger partial charge in [-0.2, -0.15) is 0 Å². The number of para-hydroxylation sites is 1. The van der Waals surface area contributed by atoms with Gasteiger partial charge in [0.25, 0.3) is 5.91 Å². The van der Waals surface area contributed by atoms with Gasteiger partial charge in [0.2, 0.25) is 0 Å². The van der Waals surface area contributed by atoms with Crippen LogP contribution < -0.4 is 9.80 Å². The molecule has 2 aliphatic heterocycles. The maximum absolute atomic E-state index is 13.6. The maximum Gasteiger partial charge on any atom is 0.252 e. The van der Waals surface area contributed by atoms with Crippen LogP contribution in [0.15, 0.2) is 24.3 Å². The number of aromatic nitrogens is 1. The van der Waals surface area contributed by atoms with Gasteiger partial charge in [-0.3, -0.25) is 9.59 Å². The topological polar surface area (TPSA) is 62.7 Å². The molecule has 1 atom stereocenters. The van der Waals surface area contributed by atoms with E-state index in [1.54, 1.807) is 0 Å². The van der Waals surface area contributed by atoms with Crippen LogP contribution in [0.4, 0.5) is 10.8 Å². The Bertz CT molecular complexity index is 999. The minimum atomic E-state index is -0.416. The Hall–Kier alpha value is -2.25. The van der Waals surface area contributed by atoms with Crippen molar-refractivity contribution in [3.8, 4) is 0 Å². The second-order valence-corrected chi connectivity index (χ2v) is 10.2. The van der Waals surface area contributed by atoms with E-state index < -0.39 is 6.04 Å². The molecule has 7 heteroatoms. The summed E-state index contributed by atoms with van der Waals surface area (Å²) in [5.74, 6) is 0.229. The normalized spacial score (nSPS) is 23.1. The van der Waals surface area contributed by atoms with Crippen molar-refractivity contribution in [2.75, 3.05) is 36.1 Å². The van der Waals surface area contributed by atoms with Crippen LogP contribution in [0.5, 0.6) is 0 Å². The molecule has 1 aromatic carbocycles. The zero-order chi connectivity index (χ0) is 20.9. The lowest BCUT2D eigenvalue weighted by molar-refractivity contribution is -0.122. The molecule has 6 nitrogen and oxygen atoms in total. The highest BCUT2D eigenvalue weighted by Gasteiger charge is 2.39. The Balaban J connectivity index is 1.45. The van der Waals surface area contributed by atoms with Crippen molar-refractivity contribution in [1.29, 1.82) is 0 Å². The van der Waals surface area contributed by atoms with E-state index in [0.29, 0.717) is 26.2 Å². The Morgan fingerprint density at radius 3 is 2.93 bits per heavy atom. The Morgan fingerprint density at radius 2 is 2.07 bits per heavy atom. The van der Waals surface area contributed by atoms with E-state index in [-0.39, 0.29) is 17.1 Å². The highest BCUT2D eigenvalue weighted by atomic mass is 32.1. The van der Waals surface area contributed by atoms with E-state index >= 15 is 0 Å². The van der Waals surface area contributed by atoms with Crippen molar-refractivity contribution in [3.05, 3.63) is 40.4 Å². The second kappa shape index (κ2) is 7.46. The summed E-state index contributed by atoms with van der Waals surface area (Å²) < 4.78 is 5.71. The van der Waals surface area contributed by atoms with Gasteiger partial charge in [0, 0.05) is 25.2 Å². The highest BCUT2D eigenvalue weighted by Crippen LogP contribution is 2.40. The van der Waals surface area contributed by atoms with Crippen LogP contribution in [0.1, 0.15) is 47.6 Å². The summed E-state index contributed by atoms with van der Waals surface area (Å²) in [6, 6.07) is 7.74. The molecule has 1 aromatic heterocycles. The first-order valence-electron chi connectivity index (χ1n) is 10.7. The van der Waals surface area contributed by atoms with Crippen molar-refractivity contribution in [3.63, 3.8) is 0 Å². The summed E-state index contributed by atoms with van der Waals surface area (Å²) in [4.78, 5) is 35.9. The summed E-state index contributed by atoms with van der Waals surface area (Å²) in [6.07, 6.45) is 3.32. The standard InChI is InChI=1S/C23H27N3O3S/c1-23(2)12-16-20(19(27)13-23)30-22(24-16)26-10-11-29-14-18(26)21(28)25-9-5-7-15-6-3-4-8-17(15)25/h3-4,6,8,18H,5,7,9-14H2,1-2H3. The zero-order valence-electron chi connectivity index (χ0n) is 17.5. The molecule has 0 radical (unpaired) electrons. The first-order chi connectivity index (χ1) is 14.4. The molecule has 158 valence electrons. The molecule has 3 heterocycles. The van der Waals surface area contributed by atoms with Gasteiger partial charge in [-0.05, 0) is 36.3 Å². The molecule has 1 saturated heterocycles. The number of nitrogens with zero attached hydrogens (tertiary/aromatic N) is 3. The van der Waals surface area contributed by atoms with E-state index in [2.05, 4.69) is 24.8 Å². The Morgan fingerprint density at radius 1 is 1.23 bits per heavy atom. The largest absolute Gasteiger partial charge is 0.377 e. The van der Waals surface area contributed by atoms with Gasteiger partial charge >= 0.3 is 0 Å². The quantitative estimate of drug-likeness (QED) is 0.737. The van der Waals surface area contributed by atoms with Crippen LogP contribution in [-0.2, 0) is 22.4 Å². The molecule has 1 fully saturated rings. The van der Waals surface area contributed by atoms with Crippen LogP contribution in [-0.4, -0.2) is 49.0 Å². The van der Waals surface area contributed by atoms with Gasteiger partial charge in [0.15, 0.2) is 10.9 Å². The summed E-state index contributed by atoms with van der Waals surface area (Å²) in [5, 5.41) is 0.776. The van der Waals surface area contributed by atoms with Gasteiger partial charge in [-0.15, -0.1) is 0 Å². The number of ether oxygens (including phenoxy) is 1. The predicted octanol–water partition coefficient (Wildman–Crippen LogP) is 3.48. The van der Waals surface area contributed by atoms with Crippen LogP contribution in [0.3, 0.4) is 0 Å². The fourth-order valence-electron chi connectivity index (χ4n) is 4.81. The number of fused-ring (bicyclic) bond motifs is 2. The number of amides is 1. The van der Waals surface area contributed by atoms with E-state index in [1.807, 2.05) is 23.1 Å². The van der Waals surface area contributed by atoms with Gasteiger partial charge in [-0.25, -0.2) is 4.98 Å². The summed E-state index contributed by atoms with van der Waals surface area (Å²) in [7, 11) is 0. The number of morpholine rings is 1. The molecule has 30 heavy (non-hydrogen) atoms. The van der Waals surface area contributed by atoms with Crippen LogP contribution >= 0.6 is 11.3 Å². The Labute approximate surface area is 180 Å². The third-order valence-electron chi connectivity index (χ3n) is 6.26. The molecular formula is C23H27N3O3S. The minimum absolute atomic E-state index is 0.0571. The monoisotopic (exact) mass is 425 g/mol. The maximum atomic E-state index is 13.6. The first-order valence-corrected chi connectivity index (χ1v) is 11.5. The SMILES string of the molecule is CC1(C)CC(=O)c2sc(N3CCOCC3C(=O)N3CCCc4ccccc43)nc2C1. The lowest BCUT2D eigenvalue weighted by Crippen LogP contribution is -2.56. The predicted molar refractivity (Wildman–Crippen MR) is 118 cm³/mol. The molecule has 0 saturated carbocycles. The first kappa shape index (κ1) is 19.7. The fraction of sp³-hybridized carbons (Fsp3) is 0.522. The average molecular weight is 426 g/mol. The number of ketones is 1. The fourth-order valence-corrected chi connectivity index (χ4v) is 5.91. The van der Waals surface area contributed by atoms with Gasteiger partial charge in [0.05, 0.1) is 23.8 Å². The summed E-state index contributed by atoms with van der Waals surface area (Å²) in [6.45, 7) is 6.46. The number of benzene rings is 1. The van der Waals surface area contributed by atoms with Crippen molar-refractivity contribution >= 4 is 33.8 Å². The number of Topliss-reactive ketones (excluding diaryl/α,β-unsaturated/α-hetero) is 1. The van der Waals surface area contributed by atoms with Crippen molar-refractivity contribution in [1.82, 2.24) is 4.98 Å². The molecule has 0 spiro atoms. The minimum Gasteiger partial charge on any atom is -0.377 e. The molecule has 3 aliphatic rings. The van der Waals surface area contributed by atoms with Crippen LogP contribution in [0, 0.1) is 5.41 Å².